The fraction of sp³-hybridized carbons (Fsp3) is 0.550. The van der Waals surface area contributed by atoms with E-state index in [0.717, 1.165) is 18.5 Å². The van der Waals surface area contributed by atoms with Crippen molar-refractivity contribution in [1.82, 2.24) is 31.0 Å². The van der Waals surface area contributed by atoms with E-state index in [2.05, 4.69) is 31.0 Å². The smallest absolute Gasteiger partial charge is 0.274 e. The first-order valence-corrected chi connectivity index (χ1v) is 10.1. The number of hydrogen-bond acceptors (Lipinski definition) is 6. The second-order valence-corrected chi connectivity index (χ2v) is 7.30. The Bertz CT molecular complexity index is 810. The third-order valence-electron chi connectivity index (χ3n) is 5.12. The highest BCUT2D eigenvalue weighted by Crippen LogP contribution is 2.27. The van der Waals surface area contributed by atoms with Crippen molar-refractivity contribution in [2.24, 2.45) is 5.92 Å². The summed E-state index contributed by atoms with van der Waals surface area (Å²) >= 11 is 0. The molecule has 0 unspecified atom stereocenters. The van der Waals surface area contributed by atoms with Crippen molar-refractivity contribution in [1.29, 1.82) is 0 Å². The molecule has 1 fully saturated rings. The monoisotopic (exact) mass is 400 g/mol. The molecule has 156 valence electrons. The fourth-order valence-electron chi connectivity index (χ4n) is 3.56. The second kappa shape index (κ2) is 10.1. The van der Waals surface area contributed by atoms with Crippen molar-refractivity contribution in [2.45, 2.75) is 58.2 Å². The number of hydrogen-bond donors (Lipinski definition) is 3. The zero-order chi connectivity index (χ0) is 20.6. The molecular formula is C20H28N6O3. The van der Waals surface area contributed by atoms with Gasteiger partial charge in [-0.1, -0.05) is 13.0 Å². The number of aromatic amines is 1. The summed E-state index contributed by atoms with van der Waals surface area (Å²) in [5.41, 5.74) is 1.61. The number of aromatic nitrogens is 4. The van der Waals surface area contributed by atoms with Gasteiger partial charge in [0.25, 0.3) is 5.91 Å². The number of nitrogens with zero attached hydrogens (tertiary/aromatic N) is 3. The SMILES string of the molecule is CCCO[C@@H]1CC[C@H](C(=O)NCc2ccccn2)C[C@H]1NC(=O)c1n[nH]nc1C. The fourth-order valence-corrected chi connectivity index (χ4v) is 3.56. The molecule has 3 N–H and O–H groups in total. The molecule has 0 aromatic carbocycles. The summed E-state index contributed by atoms with van der Waals surface area (Å²) in [7, 11) is 0. The van der Waals surface area contributed by atoms with Crippen LogP contribution in [0.4, 0.5) is 0 Å². The first kappa shape index (κ1) is 20.9. The van der Waals surface area contributed by atoms with Crippen LogP contribution in [0.15, 0.2) is 24.4 Å². The molecule has 29 heavy (non-hydrogen) atoms. The number of nitrogens with one attached hydrogen (secondary N) is 3. The van der Waals surface area contributed by atoms with Crippen LogP contribution in [0.3, 0.4) is 0 Å². The highest BCUT2D eigenvalue weighted by Gasteiger charge is 2.36. The Hall–Kier alpha value is -2.81. The van der Waals surface area contributed by atoms with Crippen molar-refractivity contribution in [3.8, 4) is 0 Å². The van der Waals surface area contributed by atoms with Gasteiger partial charge in [-0.15, -0.1) is 0 Å². The number of ether oxygens (including phenoxy) is 1. The van der Waals surface area contributed by atoms with Crippen LogP contribution in [-0.2, 0) is 16.1 Å². The van der Waals surface area contributed by atoms with Gasteiger partial charge in [0.05, 0.1) is 30.1 Å². The molecule has 9 heteroatoms. The van der Waals surface area contributed by atoms with E-state index in [-0.39, 0.29) is 35.6 Å². The summed E-state index contributed by atoms with van der Waals surface area (Å²) in [6.45, 7) is 4.78. The van der Waals surface area contributed by atoms with Crippen molar-refractivity contribution >= 4 is 11.8 Å². The molecule has 0 spiro atoms. The summed E-state index contributed by atoms with van der Waals surface area (Å²) in [4.78, 5) is 29.5. The molecule has 3 atom stereocenters. The van der Waals surface area contributed by atoms with Crippen LogP contribution in [0, 0.1) is 12.8 Å². The minimum absolute atomic E-state index is 0.0264. The van der Waals surface area contributed by atoms with Gasteiger partial charge in [0.15, 0.2) is 5.69 Å². The molecule has 1 aliphatic carbocycles. The molecule has 0 aliphatic heterocycles. The Balaban J connectivity index is 1.61. The summed E-state index contributed by atoms with van der Waals surface area (Å²) in [5, 5.41) is 16.2. The van der Waals surface area contributed by atoms with Crippen LogP contribution in [-0.4, -0.2) is 51.0 Å². The second-order valence-electron chi connectivity index (χ2n) is 7.30. The largest absolute Gasteiger partial charge is 0.376 e. The quantitative estimate of drug-likeness (QED) is 0.618. The maximum Gasteiger partial charge on any atom is 0.274 e. The molecule has 0 bridgehead atoms. The number of H-pyrrole nitrogens is 1. The molecule has 0 saturated heterocycles. The maximum atomic E-state index is 12.7. The Morgan fingerprint density at radius 2 is 2.14 bits per heavy atom. The van der Waals surface area contributed by atoms with Gasteiger partial charge in [-0.25, -0.2) is 0 Å². The van der Waals surface area contributed by atoms with Crippen LogP contribution >= 0.6 is 0 Å². The lowest BCUT2D eigenvalue weighted by atomic mass is 9.83. The number of pyridine rings is 1. The highest BCUT2D eigenvalue weighted by molar-refractivity contribution is 5.93. The molecule has 2 aromatic heterocycles. The van der Waals surface area contributed by atoms with E-state index in [0.29, 0.717) is 31.7 Å². The van der Waals surface area contributed by atoms with Crippen LogP contribution < -0.4 is 10.6 Å². The third-order valence-corrected chi connectivity index (χ3v) is 5.12. The molecular weight excluding hydrogens is 372 g/mol. The van der Waals surface area contributed by atoms with Gasteiger partial charge in [0.2, 0.25) is 5.91 Å². The molecule has 0 radical (unpaired) electrons. The summed E-state index contributed by atoms with van der Waals surface area (Å²) in [5.74, 6) is -0.522. The molecule has 9 nitrogen and oxygen atoms in total. The molecule has 1 aliphatic rings. The van der Waals surface area contributed by atoms with Gasteiger partial charge < -0.3 is 15.4 Å². The van der Waals surface area contributed by atoms with E-state index in [9.17, 15) is 9.59 Å². The number of aryl methyl sites for hydroxylation is 1. The lowest BCUT2D eigenvalue weighted by molar-refractivity contribution is -0.127. The van der Waals surface area contributed by atoms with E-state index in [1.165, 1.54) is 0 Å². The molecule has 2 aromatic rings. The van der Waals surface area contributed by atoms with E-state index >= 15 is 0 Å². The average molecular weight is 400 g/mol. The lowest BCUT2D eigenvalue weighted by Crippen LogP contribution is -2.50. The predicted molar refractivity (Wildman–Crippen MR) is 106 cm³/mol. The third kappa shape index (κ3) is 5.60. The first-order valence-electron chi connectivity index (χ1n) is 10.1. The summed E-state index contributed by atoms with van der Waals surface area (Å²) in [6.07, 6.45) is 4.43. The number of carbonyl (C=O) groups is 2. The topological polar surface area (TPSA) is 122 Å². The number of rotatable bonds is 8. The maximum absolute atomic E-state index is 12.7. The molecule has 2 amide bonds. The normalized spacial score (nSPS) is 21.5. The Kier molecular flexibility index (Phi) is 7.29. The zero-order valence-electron chi connectivity index (χ0n) is 16.9. The Morgan fingerprint density at radius 1 is 1.28 bits per heavy atom. The predicted octanol–water partition coefficient (Wildman–Crippen LogP) is 1.52. The van der Waals surface area contributed by atoms with E-state index < -0.39 is 0 Å². The average Bonchev–Trinajstić information content (AvgIpc) is 3.17. The van der Waals surface area contributed by atoms with Crippen LogP contribution in [0.2, 0.25) is 0 Å². The van der Waals surface area contributed by atoms with Crippen LogP contribution in [0.1, 0.15) is 54.5 Å². The minimum atomic E-state index is -0.305. The van der Waals surface area contributed by atoms with Gasteiger partial charge in [-0.05, 0) is 44.7 Å². The van der Waals surface area contributed by atoms with Crippen molar-refractivity contribution in [3.05, 3.63) is 41.5 Å². The van der Waals surface area contributed by atoms with Crippen molar-refractivity contribution in [3.63, 3.8) is 0 Å². The van der Waals surface area contributed by atoms with Gasteiger partial charge in [-0.3, -0.25) is 14.6 Å². The molecule has 1 saturated carbocycles. The lowest BCUT2D eigenvalue weighted by Gasteiger charge is -2.35. The first-order chi connectivity index (χ1) is 14.1. The molecule has 2 heterocycles. The van der Waals surface area contributed by atoms with E-state index in [1.807, 2.05) is 25.1 Å². The van der Waals surface area contributed by atoms with Gasteiger partial charge in [-0.2, -0.15) is 15.4 Å². The van der Waals surface area contributed by atoms with Crippen LogP contribution in [0.25, 0.3) is 0 Å². The zero-order valence-corrected chi connectivity index (χ0v) is 16.9. The number of carbonyl (C=O) groups excluding carboxylic acids is 2. The molecule has 3 rings (SSSR count). The van der Waals surface area contributed by atoms with Gasteiger partial charge >= 0.3 is 0 Å². The van der Waals surface area contributed by atoms with Crippen molar-refractivity contribution in [2.75, 3.05) is 6.61 Å². The highest BCUT2D eigenvalue weighted by atomic mass is 16.5. The minimum Gasteiger partial charge on any atom is -0.376 e. The summed E-state index contributed by atoms with van der Waals surface area (Å²) < 4.78 is 5.95. The Labute approximate surface area is 170 Å². The van der Waals surface area contributed by atoms with Crippen LogP contribution in [0.5, 0.6) is 0 Å². The van der Waals surface area contributed by atoms with Gasteiger partial charge in [0.1, 0.15) is 0 Å². The standard InChI is InChI=1S/C20H28N6O3/c1-3-10-29-17-8-7-14(19(27)22-12-15-6-4-5-9-21-15)11-16(17)23-20(28)18-13(2)24-26-25-18/h4-6,9,14,16-17H,3,7-8,10-12H2,1-2H3,(H,22,27)(H,23,28)(H,24,25,26)/t14-,16+,17+/m0/s1. The Morgan fingerprint density at radius 3 is 2.83 bits per heavy atom. The number of amides is 2. The van der Waals surface area contributed by atoms with E-state index in [1.54, 1.807) is 13.1 Å². The van der Waals surface area contributed by atoms with Gasteiger partial charge in [0, 0.05) is 18.7 Å². The summed E-state index contributed by atoms with van der Waals surface area (Å²) in [6, 6.07) is 5.35. The van der Waals surface area contributed by atoms with E-state index in [4.69, 9.17) is 4.74 Å². The van der Waals surface area contributed by atoms with Crippen molar-refractivity contribution < 1.29 is 14.3 Å².